The van der Waals surface area contributed by atoms with E-state index in [1.54, 1.807) is 0 Å². The molecule has 0 aliphatic rings. The summed E-state index contributed by atoms with van der Waals surface area (Å²) in [7, 11) is 0. The number of thioether (sulfide) groups is 1. The molecule has 0 unspecified atom stereocenters. The lowest BCUT2D eigenvalue weighted by Gasteiger charge is -2.04. The Morgan fingerprint density at radius 3 is 2.73 bits per heavy atom. The van der Waals surface area contributed by atoms with Gasteiger partial charge < -0.3 is 0 Å². The molecule has 1 aromatic carbocycles. The molecular formula is C9H11IS. The van der Waals surface area contributed by atoms with Gasteiger partial charge in [0.15, 0.2) is 0 Å². The highest BCUT2D eigenvalue weighted by molar-refractivity contribution is 14.1. The minimum atomic E-state index is 1.13. The van der Waals surface area contributed by atoms with Gasteiger partial charge in [-0.05, 0) is 46.9 Å². The zero-order valence-electron chi connectivity index (χ0n) is 6.73. The molecule has 2 heteroatoms. The van der Waals surface area contributed by atoms with Crippen molar-refractivity contribution in [1.29, 1.82) is 0 Å². The Bertz CT molecular complexity index is 223. The molecule has 0 radical (unpaired) electrons. The zero-order chi connectivity index (χ0) is 8.27. The third kappa shape index (κ3) is 2.12. The van der Waals surface area contributed by atoms with Crippen LogP contribution < -0.4 is 0 Å². The van der Waals surface area contributed by atoms with E-state index in [2.05, 4.69) is 54.0 Å². The third-order valence-corrected chi connectivity index (χ3v) is 4.06. The molecule has 0 saturated heterocycles. The fraction of sp³-hybridized carbons (Fsp3) is 0.333. The molecule has 11 heavy (non-hydrogen) atoms. The Labute approximate surface area is 85.9 Å². The number of hydrogen-bond donors (Lipinski definition) is 0. The standard InChI is InChI=1S/C9H11IS/c1-3-7-5-4-6-8(11-2)9(7)10/h4-6H,3H2,1-2H3. The van der Waals surface area contributed by atoms with Gasteiger partial charge in [0.2, 0.25) is 0 Å². The van der Waals surface area contributed by atoms with Gasteiger partial charge >= 0.3 is 0 Å². The summed E-state index contributed by atoms with van der Waals surface area (Å²) < 4.78 is 1.42. The number of halogens is 1. The molecule has 0 nitrogen and oxygen atoms in total. The predicted octanol–water partition coefficient (Wildman–Crippen LogP) is 3.58. The van der Waals surface area contributed by atoms with Gasteiger partial charge in [-0.15, -0.1) is 11.8 Å². The van der Waals surface area contributed by atoms with E-state index < -0.39 is 0 Å². The largest absolute Gasteiger partial charge is 0.128 e. The van der Waals surface area contributed by atoms with Crippen molar-refractivity contribution in [2.45, 2.75) is 18.2 Å². The Balaban J connectivity index is 3.10. The monoisotopic (exact) mass is 278 g/mol. The molecule has 0 amide bonds. The maximum absolute atomic E-state index is 2.42. The summed E-state index contributed by atoms with van der Waals surface area (Å²) in [5.74, 6) is 0. The Hall–Kier alpha value is 0.300. The molecule has 1 rings (SSSR count). The first-order valence-electron chi connectivity index (χ1n) is 3.61. The summed E-state index contributed by atoms with van der Waals surface area (Å²) >= 11 is 4.24. The van der Waals surface area contributed by atoms with E-state index in [0.717, 1.165) is 6.42 Å². The van der Waals surface area contributed by atoms with Crippen molar-refractivity contribution in [2.75, 3.05) is 6.26 Å². The van der Waals surface area contributed by atoms with Crippen LogP contribution in [0.5, 0.6) is 0 Å². The van der Waals surface area contributed by atoms with Crippen LogP contribution in [0.4, 0.5) is 0 Å². The molecular weight excluding hydrogens is 267 g/mol. The smallest absolute Gasteiger partial charge is 0.0298 e. The van der Waals surface area contributed by atoms with E-state index in [9.17, 15) is 0 Å². The maximum Gasteiger partial charge on any atom is 0.0298 e. The van der Waals surface area contributed by atoms with Crippen LogP contribution >= 0.6 is 34.4 Å². The fourth-order valence-electron chi connectivity index (χ4n) is 0.987. The second kappa shape index (κ2) is 4.36. The lowest BCUT2D eigenvalue weighted by molar-refractivity contribution is 1.10. The van der Waals surface area contributed by atoms with Crippen LogP contribution in [-0.2, 0) is 6.42 Å². The van der Waals surface area contributed by atoms with Gasteiger partial charge in [-0.2, -0.15) is 0 Å². The lowest BCUT2D eigenvalue weighted by atomic mass is 10.2. The van der Waals surface area contributed by atoms with Crippen LogP contribution in [-0.4, -0.2) is 6.26 Å². The van der Waals surface area contributed by atoms with Crippen LogP contribution in [0.2, 0.25) is 0 Å². The normalized spacial score (nSPS) is 10.1. The number of benzene rings is 1. The van der Waals surface area contributed by atoms with E-state index in [0.29, 0.717) is 0 Å². The van der Waals surface area contributed by atoms with Crippen LogP contribution in [0.3, 0.4) is 0 Å². The topological polar surface area (TPSA) is 0 Å². The van der Waals surface area contributed by atoms with Crippen molar-refractivity contribution in [3.8, 4) is 0 Å². The van der Waals surface area contributed by atoms with E-state index in [4.69, 9.17) is 0 Å². The summed E-state index contributed by atoms with van der Waals surface area (Å²) in [6.45, 7) is 2.20. The van der Waals surface area contributed by atoms with E-state index in [1.165, 1.54) is 14.0 Å². The van der Waals surface area contributed by atoms with Gasteiger partial charge in [0, 0.05) is 8.47 Å². The number of aryl methyl sites for hydroxylation is 1. The van der Waals surface area contributed by atoms with Crippen molar-refractivity contribution < 1.29 is 0 Å². The van der Waals surface area contributed by atoms with Crippen LogP contribution in [0.25, 0.3) is 0 Å². The molecule has 0 fully saturated rings. The summed E-state index contributed by atoms with van der Waals surface area (Å²) in [5.41, 5.74) is 1.46. The van der Waals surface area contributed by atoms with Crippen molar-refractivity contribution in [2.24, 2.45) is 0 Å². The molecule has 1 aromatic rings. The minimum Gasteiger partial charge on any atom is -0.128 e. The van der Waals surface area contributed by atoms with Gasteiger partial charge in [0.1, 0.15) is 0 Å². The highest BCUT2D eigenvalue weighted by Gasteiger charge is 2.01. The second-order valence-corrected chi connectivity index (χ2v) is 4.21. The van der Waals surface area contributed by atoms with Crippen molar-refractivity contribution in [1.82, 2.24) is 0 Å². The Kier molecular flexibility index (Phi) is 3.72. The molecule has 0 spiro atoms. The van der Waals surface area contributed by atoms with Gasteiger partial charge in [0.25, 0.3) is 0 Å². The van der Waals surface area contributed by atoms with E-state index >= 15 is 0 Å². The van der Waals surface area contributed by atoms with Gasteiger partial charge in [-0.1, -0.05) is 19.1 Å². The average Bonchev–Trinajstić information content (AvgIpc) is 2.05. The quantitative estimate of drug-likeness (QED) is 0.588. The highest BCUT2D eigenvalue weighted by atomic mass is 127. The predicted molar refractivity (Wildman–Crippen MR) is 60.3 cm³/mol. The van der Waals surface area contributed by atoms with Crippen molar-refractivity contribution in [3.63, 3.8) is 0 Å². The van der Waals surface area contributed by atoms with Gasteiger partial charge in [-0.3, -0.25) is 0 Å². The molecule has 60 valence electrons. The molecule has 0 heterocycles. The van der Waals surface area contributed by atoms with E-state index in [1.807, 2.05) is 11.8 Å². The average molecular weight is 278 g/mol. The lowest BCUT2D eigenvalue weighted by Crippen LogP contribution is -1.87. The molecule has 0 saturated carbocycles. The molecule has 0 aliphatic heterocycles. The van der Waals surface area contributed by atoms with Gasteiger partial charge in [-0.25, -0.2) is 0 Å². The third-order valence-electron chi connectivity index (χ3n) is 1.64. The van der Waals surface area contributed by atoms with Crippen molar-refractivity contribution >= 4 is 34.4 Å². The summed E-state index contributed by atoms with van der Waals surface area (Å²) in [6, 6.07) is 6.50. The minimum absolute atomic E-state index is 1.13. The van der Waals surface area contributed by atoms with Gasteiger partial charge in [0.05, 0.1) is 0 Å². The molecule has 0 aromatic heterocycles. The van der Waals surface area contributed by atoms with E-state index in [-0.39, 0.29) is 0 Å². The first kappa shape index (κ1) is 9.39. The Morgan fingerprint density at radius 1 is 1.45 bits per heavy atom. The van der Waals surface area contributed by atoms with Crippen LogP contribution in [0.15, 0.2) is 23.1 Å². The summed E-state index contributed by atoms with van der Waals surface area (Å²) in [6.07, 6.45) is 3.25. The first-order valence-corrected chi connectivity index (χ1v) is 5.91. The SMILES string of the molecule is CCc1cccc(SC)c1I. The summed E-state index contributed by atoms with van der Waals surface area (Å²) in [5, 5.41) is 0. The number of rotatable bonds is 2. The Morgan fingerprint density at radius 2 is 2.18 bits per heavy atom. The first-order chi connectivity index (χ1) is 5.29. The van der Waals surface area contributed by atoms with Crippen LogP contribution in [0, 0.1) is 3.57 Å². The summed E-state index contributed by atoms with van der Waals surface area (Å²) in [4.78, 5) is 1.39. The molecule has 0 N–H and O–H groups in total. The second-order valence-electron chi connectivity index (χ2n) is 2.29. The zero-order valence-corrected chi connectivity index (χ0v) is 9.70. The molecule has 0 bridgehead atoms. The number of hydrogen-bond acceptors (Lipinski definition) is 1. The fourth-order valence-corrected chi connectivity index (χ4v) is 2.91. The maximum atomic E-state index is 2.42. The van der Waals surface area contributed by atoms with Crippen LogP contribution in [0.1, 0.15) is 12.5 Å². The van der Waals surface area contributed by atoms with Crippen molar-refractivity contribution in [3.05, 3.63) is 27.3 Å². The highest BCUT2D eigenvalue weighted by Crippen LogP contribution is 2.25. The molecule has 0 aliphatic carbocycles. The molecule has 0 atom stereocenters.